The second-order valence-electron chi connectivity index (χ2n) is 7.35. The monoisotopic (exact) mass is 330 g/mol. The predicted molar refractivity (Wildman–Crippen MR) is 95.9 cm³/mol. The van der Waals surface area contributed by atoms with E-state index in [0.717, 1.165) is 36.9 Å². The maximum Gasteiger partial charge on any atom is 0.251 e. The van der Waals surface area contributed by atoms with E-state index in [4.69, 9.17) is 4.74 Å². The Bertz CT molecular complexity index is 546. The Morgan fingerprint density at radius 1 is 1.21 bits per heavy atom. The van der Waals surface area contributed by atoms with Gasteiger partial charge in [0, 0.05) is 31.8 Å². The number of carbonyl (C=O) groups excluding carboxylic acids is 1. The van der Waals surface area contributed by atoms with Crippen LogP contribution in [0.3, 0.4) is 0 Å². The zero-order valence-corrected chi connectivity index (χ0v) is 14.9. The number of ether oxygens (including phenoxy) is 1. The fourth-order valence-electron chi connectivity index (χ4n) is 4.35. The highest BCUT2D eigenvalue weighted by Crippen LogP contribution is 2.44. The number of amides is 1. The lowest BCUT2D eigenvalue weighted by molar-refractivity contribution is 0.0953. The van der Waals surface area contributed by atoms with Gasteiger partial charge >= 0.3 is 0 Å². The number of rotatable bonds is 7. The predicted octanol–water partition coefficient (Wildman–Crippen LogP) is 3.12. The molecule has 4 heteroatoms. The molecule has 2 aliphatic carbocycles. The van der Waals surface area contributed by atoms with Gasteiger partial charge in [0.2, 0.25) is 0 Å². The molecule has 1 aromatic rings. The van der Waals surface area contributed by atoms with E-state index in [9.17, 15) is 4.79 Å². The summed E-state index contributed by atoms with van der Waals surface area (Å²) in [6.45, 7) is 3.63. The molecule has 2 unspecified atom stereocenters. The van der Waals surface area contributed by atoms with Crippen LogP contribution in [-0.4, -0.2) is 31.7 Å². The lowest BCUT2D eigenvalue weighted by atomic mass is 10.0. The number of carbonyl (C=O) groups is 1. The zero-order valence-electron chi connectivity index (χ0n) is 14.9. The van der Waals surface area contributed by atoms with Gasteiger partial charge in [0.05, 0.1) is 6.10 Å². The van der Waals surface area contributed by atoms with Gasteiger partial charge in [-0.15, -0.1) is 0 Å². The number of nitrogens with one attached hydrogen (secondary N) is 2. The van der Waals surface area contributed by atoms with Crippen molar-refractivity contribution in [2.45, 2.75) is 57.7 Å². The van der Waals surface area contributed by atoms with Crippen molar-refractivity contribution >= 4 is 5.91 Å². The van der Waals surface area contributed by atoms with Gasteiger partial charge in [-0.2, -0.15) is 0 Å². The Morgan fingerprint density at radius 3 is 2.62 bits per heavy atom. The van der Waals surface area contributed by atoms with Crippen LogP contribution in [0.5, 0.6) is 0 Å². The molecule has 4 atom stereocenters. The highest BCUT2D eigenvalue weighted by molar-refractivity contribution is 5.94. The van der Waals surface area contributed by atoms with E-state index in [1.54, 1.807) is 0 Å². The van der Waals surface area contributed by atoms with Gasteiger partial charge in [0.15, 0.2) is 0 Å². The molecule has 0 radical (unpaired) electrons. The van der Waals surface area contributed by atoms with Crippen LogP contribution in [0.15, 0.2) is 24.3 Å². The molecule has 2 N–H and O–H groups in total. The van der Waals surface area contributed by atoms with E-state index in [-0.39, 0.29) is 5.91 Å². The number of benzene rings is 1. The van der Waals surface area contributed by atoms with Crippen molar-refractivity contribution in [3.8, 4) is 0 Å². The third-order valence-electron chi connectivity index (χ3n) is 5.63. The molecule has 24 heavy (non-hydrogen) atoms. The second-order valence-corrected chi connectivity index (χ2v) is 7.35. The molecule has 2 saturated carbocycles. The van der Waals surface area contributed by atoms with Crippen molar-refractivity contribution in [3.63, 3.8) is 0 Å². The van der Waals surface area contributed by atoms with Gasteiger partial charge in [-0.1, -0.05) is 19.1 Å². The molecule has 1 amide bonds. The van der Waals surface area contributed by atoms with Crippen molar-refractivity contribution in [2.75, 3.05) is 13.7 Å². The largest absolute Gasteiger partial charge is 0.381 e. The van der Waals surface area contributed by atoms with Crippen LogP contribution in [0, 0.1) is 11.8 Å². The maximum atomic E-state index is 12.1. The fourth-order valence-corrected chi connectivity index (χ4v) is 4.35. The average molecular weight is 330 g/mol. The molecule has 132 valence electrons. The van der Waals surface area contributed by atoms with Crippen LogP contribution >= 0.6 is 0 Å². The van der Waals surface area contributed by atoms with E-state index in [0.29, 0.717) is 12.1 Å². The summed E-state index contributed by atoms with van der Waals surface area (Å²) in [7, 11) is 1.84. The fraction of sp³-hybridized carbons (Fsp3) is 0.650. The van der Waals surface area contributed by atoms with Crippen LogP contribution in [-0.2, 0) is 11.3 Å². The molecule has 0 saturated heterocycles. The van der Waals surface area contributed by atoms with Crippen LogP contribution in [0.25, 0.3) is 0 Å². The molecule has 0 spiro atoms. The summed E-state index contributed by atoms with van der Waals surface area (Å²) in [4.78, 5) is 12.1. The standard InChI is InChI=1S/C20H30N2O2/c1-3-7-21-20(23)15-6-4-5-14(8-15)13-22-18-9-16-11-19(24-2)12-17(16)10-18/h4-6,8,16-19,22H,3,7,9-13H2,1-2H3,(H,21,23)/t16-,17+,18?,19?. The minimum absolute atomic E-state index is 0.0275. The van der Waals surface area contributed by atoms with Gasteiger partial charge in [-0.05, 0) is 61.6 Å². The Morgan fingerprint density at radius 2 is 1.96 bits per heavy atom. The number of fused-ring (bicyclic) bond motifs is 1. The summed E-state index contributed by atoms with van der Waals surface area (Å²) in [5, 5.41) is 6.63. The van der Waals surface area contributed by atoms with Crippen LogP contribution in [0.2, 0.25) is 0 Å². The van der Waals surface area contributed by atoms with Crippen molar-refractivity contribution in [3.05, 3.63) is 35.4 Å². The maximum absolute atomic E-state index is 12.1. The highest BCUT2D eigenvalue weighted by Gasteiger charge is 2.41. The van der Waals surface area contributed by atoms with Gasteiger partial charge in [-0.25, -0.2) is 0 Å². The molecule has 2 fully saturated rings. The van der Waals surface area contributed by atoms with E-state index in [2.05, 4.69) is 23.6 Å². The lowest BCUT2D eigenvalue weighted by Crippen LogP contribution is -2.27. The minimum Gasteiger partial charge on any atom is -0.381 e. The van der Waals surface area contributed by atoms with Gasteiger partial charge in [0.1, 0.15) is 0 Å². The smallest absolute Gasteiger partial charge is 0.251 e. The molecule has 0 aromatic heterocycles. The van der Waals surface area contributed by atoms with Crippen LogP contribution in [0.1, 0.15) is 54.9 Å². The number of hydrogen-bond acceptors (Lipinski definition) is 3. The second kappa shape index (κ2) is 8.13. The van der Waals surface area contributed by atoms with E-state index in [1.165, 1.54) is 31.2 Å². The Labute approximate surface area is 145 Å². The molecule has 1 aromatic carbocycles. The first-order chi connectivity index (χ1) is 11.7. The molecular formula is C20H30N2O2. The number of hydrogen-bond donors (Lipinski definition) is 2. The third kappa shape index (κ3) is 4.17. The summed E-state index contributed by atoms with van der Waals surface area (Å²) in [5.41, 5.74) is 1.94. The van der Waals surface area contributed by atoms with Crippen LogP contribution in [0.4, 0.5) is 0 Å². The molecule has 0 bridgehead atoms. The molecular weight excluding hydrogens is 300 g/mol. The number of methoxy groups -OCH3 is 1. The quantitative estimate of drug-likeness (QED) is 0.807. The SMILES string of the molecule is CCCNC(=O)c1cccc(CNC2C[C@@H]3CC(OC)C[C@@H]3C2)c1. The topological polar surface area (TPSA) is 50.4 Å². The summed E-state index contributed by atoms with van der Waals surface area (Å²) >= 11 is 0. The summed E-state index contributed by atoms with van der Waals surface area (Å²) in [5.74, 6) is 1.69. The minimum atomic E-state index is 0.0275. The first kappa shape index (κ1) is 17.4. The molecule has 2 aliphatic rings. The van der Waals surface area contributed by atoms with Crippen molar-refractivity contribution in [1.29, 1.82) is 0 Å². The summed E-state index contributed by atoms with van der Waals surface area (Å²) in [6, 6.07) is 8.58. The third-order valence-corrected chi connectivity index (χ3v) is 5.63. The van der Waals surface area contributed by atoms with Gasteiger partial charge in [-0.3, -0.25) is 4.79 Å². The Balaban J connectivity index is 1.48. The summed E-state index contributed by atoms with van der Waals surface area (Å²) in [6.07, 6.45) is 6.43. The van der Waals surface area contributed by atoms with Gasteiger partial charge < -0.3 is 15.4 Å². The first-order valence-electron chi connectivity index (χ1n) is 9.33. The van der Waals surface area contributed by atoms with Gasteiger partial charge in [0.25, 0.3) is 5.91 Å². The summed E-state index contributed by atoms with van der Waals surface area (Å²) < 4.78 is 5.52. The van der Waals surface area contributed by atoms with E-state index >= 15 is 0 Å². The van der Waals surface area contributed by atoms with Crippen molar-refractivity contribution in [1.82, 2.24) is 10.6 Å². The van der Waals surface area contributed by atoms with E-state index < -0.39 is 0 Å². The van der Waals surface area contributed by atoms with Crippen molar-refractivity contribution < 1.29 is 9.53 Å². The first-order valence-corrected chi connectivity index (χ1v) is 9.33. The molecule has 3 rings (SSSR count). The normalized spacial score (nSPS) is 28.8. The molecule has 0 heterocycles. The highest BCUT2D eigenvalue weighted by atomic mass is 16.5. The lowest BCUT2D eigenvalue weighted by Gasteiger charge is -2.16. The van der Waals surface area contributed by atoms with Crippen LogP contribution < -0.4 is 10.6 Å². The zero-order chi connectivity index (χ0) is 16.9. The van der Waals surface area contributed by atoms with E-state index in [1.807, 2.05) is 25.3 Å². The Kier molecular flexibility index (Phi) is 5.90. The molecule has 4 nitrogen and oxygen atoms in total. The Hall–Kier alpha value is -1.39. The van der Waals surface area contributed by atoms with Crippen molar-refractivity contribution in [2.24, 2.45) is 11.8 Å². The average Bonchev–Trinajstić information content (AvgIpc) is 3.16. The molecule has 0 aliphatic heterocycles.